The van der Waals surface area contributed by atoms with Crippen molar-refractivity contribution in [3.63, 3.8) is 0 Å². The summed E-state index contributed by atoms with van der Waals surface area (Å²) >= 11 is 0. The van der Waals surface area contributed by atoms with E-state index in [1.54, 1.807) is 12.1 Å². The SMILES string of the molecule is Cc1cccc2c(=O)n(-c3cc(F)cc(F)c3)c(C3CCCN3)nc12. The van der Waals surface area contributed by atoms with Gasteiger partial charge in [0.25, 0.3) is 5.56 Å². The highest BCUT2D eigenvalue weighted by Crippen LogP contribution is 2.26. The number of hydrogen-bond donors (Lipinski definition) is 1. The van der Waals surface area contributed by atoms with Crippen LogP contribution < -0.4 is 10.9 Å². The zero-order valence-electron chi connectivity index (χ0n) is 13.7. The summed E-state index contributed by atoms with van der Waals surface area (Å²) in [7, 11) is 0. The van der Waals surface area contributed by atoms with E-state index in [0.717, 1.165) is 43.1 Å². The van der Waals surface area contributed by atoms with Crippen molar-refractivity contribution in [1.29, 1.82) is 0 Å². The maximum atomic E-state index is 13.7. The minimum absolute atomic E-state index is 0.122. The molecule has 128 valence electrons. The Hall–Kier alpha value is -2.60. The predicted molar refractivity (Wildman–Crippen MR) is 92.0 cm³/mol. The number of aryl methyl sites for hydroxylation is 1. The largest absolute Gasteiger partial charge is 0.307 e. The van der Waals surface area contributed by atoms with Crippen LogP contribution in [0, 0.1) is 18.6 Å². The Balaban J connectivity index is 2.08. The molecule has 0 amide bonds. The second-order valence-electron chi connectivity index (χ2n) is 6.36. The molecule has 1 unspecified atom stereocenters. The topological polar surface area (TPSA) is 46.9 Å². The summed E-state index contributed by atoms with van der Waals surface area (Å²) < 4.78 is 28.8. The summed E-state index contributed by atoms with van der Waals surface area (Å²) in [6, 6.07) is 8.36. The number of para-hydroxylation sites is 1. The number of nitrogens with zero attached hydrogens (tertiary/aromatic N) is 2. The summed E-state index contributed by atoms with van der Waals surface area (Å²) in [5.74, 6) is -0.956. The van der Waals surface area contributed by atoms with E-state index in [-0.39, 0.29) is 17.3 Å². The summed E-state index contributed by atoms with van der Waals surface area (Å²) in [5.41, 5.74) is 1.36. The first-order valence-electron chi connectivity index (χ1n) is 8.27. The van der Waals surface area contributed by atoms with Gasteiger partial charge in [-0.05, 0) is 50.1 Å². The van der Waals surface area contributed by atoms with Gasteiger partial charge in [-0.25, -0.2) is 13.8 Å². The summed E-state index contributed by atoms with van der Waals surface area (Å²) in [6.07, 6.45) is 1.78. The van der Waals surface area contributed by atoms with E-state index in [9.17, 15) is 13.6 Å². The van der Waals surface area contributed by atoms with Crippen LogP contribution in [-0.2, 0) is 0 Å². The monoisotopic (exact) mass is 341 g/mol. The molecule has 2 heterocycles. The molecule has 1 N–H and O–H groups in total. The molecule has 25 heavy (non-hydrogen) atoms. The van der Waals surface area contributed by atoms with E-state index in [1.807, 2.05) is 13.0 Å². The molecular weight excluding hydrogens is 324 g/mol. The van der Waals surface area contributed by atoms with Crippen LogP contribution in [0.25, 0.3) is 16.6 Å². The Morgan fingerprint density at radius 1 is 1.20 bits per heavy atom. The Morgan fingerprint density at radius 3 is 2.64 bits per heavy atom. The molecule has 1 aromatic heterocycles. The minimum Gasteiger partial charge on any atom is -0.307 e. The van der Waals surface area contributed by atoms with Gasteiger partial charge < -0.3 is 5.32 Å². The van der Waals surface area contributed by atoms with Crippen LogP contribution >= 0.6 is 0 Å². The van der Waals surface area contributed by atoms with Crippen molar-refractivity contribution in [2.75, 3.05) is 6.54 Å². The molecule has 0 spiro atoms. The second kappa shape index (κ2) is 6.04. The number of rotatable bonds is 2. The Kier molecular flexibility index (Phi) is 3.84. The normalized spacial score (nSPS) is 17.3. The lowest BCUT2D eigenvalue weighted by atomic mass is 10.1. The third kappa shape index (κ3) is 2.72. The van der Waals surface area contributed by atoms with Gasteiger partial charge in [0.1, 0.15) is 17.5 Å². The molecule has 4 nitrogen and oxygen atoms in total. The van der Waals surface area contributed by atoms with Gasteiger partial charge in [0.2, 0.25) is 0 Å². The van der Waals surface area contributed by atoms with Crippen molar-refractivity contribution >= 4 is 10.9 Å². The quantitative estimate of drug-likeness (QED) is 0.777. The lowest BCUT2D eigenvalue weighted by Gasteiger charge is -2.19. The first-order chi connectivity index (χ1) is 12.0. The Morgan fingerprint density at radius 2 is 1.96 bits per heavy atom. The van der Waals surface area contributed by atoms with Crippen LogP contribution in [0.3, 0.4) is 0 Å². The van der Waals surface area contributed by atoms with Gasteiger partial charge in [0.15, 0.2) is 0 Å². The highest BCUT2D eigenvalue weighted by atomic mass is 19.1. The number of benzene rings is 2. The van der Waals surface area contributed by atoms with Crippen molar-refractivity contribution in [3.8, 4) is 5.69 Å². The van der Waals surface area contributed by atoms with Gasteiger partial charge in [-0.1, -0.05) is 12.1 Å². The summed E-state index contributed by atoms with van der Waals surface area (Å²) in [4.78, 5) is 17.8. The zero-order chi connectivity index (χ0) is 17.6. The van der Waals surface area contributed by atoms with Gasteiger partial charge in [0, 0.05) is 6.07 Å². The van der Waals surface area contributed by atoms with Crippen LogP contribution in [-0.4, -0.2) is 16.1 Å². The lowest BCUT2D eigenvalue weighted by Crippen LogP contribution is -2.29. The Labute approximate surface area is 143 Å². The maximum absolute atomic E-state index is 13.7. The lowest BCUT2D eigenvalue weighted by molar-refractivity contribution is 0.568. The molecule has 6 heteroatoms. The number of halogens is 2. The van der Waals surface area contributed by atoms with Crippen molar-refractivity contribution < 1.29 is 8.78 Å². The van der Waals surface area contributed by atoms with Crippen molar-refractivity contribution in [3.05, 3.63) is 69.8 Å². The second-order valence-corrected chi connectivity index (χ2v) is 6.36. The maximum Gasteiger partial charge on any atom is 0.266 e. The van der Waals surface area contributed by atoms with E-state index < -0.39 is 11.6 Å². The zero-order valence-corrected chi connectivity index (χ0v) is 13.7. The molecule has 1 aliphatic rings. The molecule has 3 aromatic rings. The van der Waals surface area contributed by atoms with E-state index in [2.05, 4.69) is 5.32 Å². The fourth-order valence-electron chi connectivity index (χ4n) is 3.43. The molecule has 0 saturated carbocycles. The molecule has 0 radical (unpaired) electrons. The van der Waals surface area contributed by atoms with Crippen LogP contribution in [0.5, 0.6) is 0 Å². The molecular formula is C19H17F2N3O. The first kappa shape index (κ1) is 15.9. The molecule has 0 bridgehead atoms. The van der Waals surface area contributed by atoms with E-state index in [4.69, 9.17) is 4.98 Å². The molecule has 1 fully saturated rings. The fourth-order valence-corrected chi connectivity index (χ4v) is 3.43. The Bertz CT molecular complexity index is 1000. The molecule has 1 aliphatic heterocycles. The summed E-state index contributed by atoms with van der Waals surface area (Å²) in [5, 5.41) is 3.75. The van der Waals surface area contributed by atoms with Crippen molar-refractivity contribution in [1.82, 2.24) is 14.9 Å². The third-order valence-corrected chi connectivity index (χ3v) is 4.60. The first-order valence-corrected chi connectivity index (χ1v) is 8.27. The highest BCUT2D eigenvalue weighted by molar-refractivity contribution is 5.81. The predicted octanol–water partition coefficient (Wildman–Crippen LogP) is 3.40. The third-order valence-electron chi connectivity index (χ3n) is 4.60. The molecule has 2 aromatic carbocycles. The van der Waals surface area contributed by atoms with Gasteiger partial charge >= 0.3 is 0 Å². The van der Waals surface area contributed by atoms with Crippen molar-refractivity contribution in [2.45, 2.75) is 25.8 Å². The van der Waals surface area contributed by atoms with Gasteiger partial charge in [-0.3, -0.25) is 9.36 Å². The standard InChI is InChI=1S/C19H17F2N3O/c1-11-4-2-5-15-17(11)23-18(16-6-3-7-22-16)24(19(15)25)14-9-12(20)8-13(21)10-14/h2,4-5,8-10,16,22H,3,6-7H2,1H3. The van der Waals surface area contributed by atoms with Gasteiger partial charge in [0.05, 0.1) is 22.6 Å². The average molecular weight is 341 g/mol. The molecule has 0 aliphatic carbocycles. The van der Waals surface area contributed by atoms with E-state index in [1.165, 1.54) is 4.57 Å². The van der Waals surface area contributed by atoms with Crippen LogP contribution in [0.15, 0.2) is 41.2 Å². The number of hydrogen-bond acceptors (Lipinski definition) is 3. The molecule has 1 atom stereocenters. The van der Waals surface area contributed by atoms with E-state index >= 15 is 0 Å². The molecule has 1 saturated heterocycles. The van der Waals surface area contributed by atoms with Crippen LogP contribution in [0.2, 0.25) is 0 Å². The average Bonchev–Trinajstić information content (AvgIpc) is 3.09. The number of fused-ring (bicyclic) bond motifs is 1. The smallest absolute Gasteiger partial charge is 0.266 e. The molecule has 4 rings (SSSR count). The van der Waals surface area contributed by atoms with Gasteiger partial charge in [-0.2, -0.15) is 0 Å². The minimum atomic E-state index is -0.725. The summed E-state index contributed by atoms with van der Waals surface area (Å²) in [6.45, 7) is 2.72. The van der Waals surface area contributed by atoms with Crippen LogP contribution in [0.4, 0.5) is 8.78 Å². The van der Waals surface area contributed by atoms with E-state index in [0.29, 0.717) is 16.7 Å². The number of nitrogens with one attached hydrogen (secondary N) is 1. The van der Waals surface area contributed by atoms with Crippen LogP contribution in [0.1, 0.15) is 30.3 Å². The number of aromatic nitrogens is 2. The highest BCUT2D eigenvalue weighted by Gasteiger charge is 2.24. The fraction of sp³-hybridized carbons (Fsp3) is 0.263. The van der Waals surface area contributed by atoms with Gasteiger partial charge in [-0.15, -0.1) is 0 Å². The van der Waals surface area contributed by atoms with Crippen molar-refractivity contribution in [2.24, 2.45) is 0 Å².